The first-order valence-corrected chi connectivity index (χ1v) is 9.57. The van der Waals surface area contributed by atoms with Crippen molar-refractivity contribution in [3.05, 3.63) is 52.8 Å². The number of nitrogens with zero attached hydrogens (tertiary/aromatic N) is 4. The molecule has 1 amide bonds. The van der Waals surface area contributed by atoms with Crippen molar-refractivity contribution in [2.45, 2.75) is 38.6 Å². The molecule has 0 radical (unpaired) electrons. The minimum atomic E-state index is -4.73. The third kappa shape index (κ3) is 4.10. The van der Waals surface area contributed by atoms with Crippen molar-refractivity contribution < 1.29 is 22.7 Å². The molecule has 0 spiro atoms. The van der Waals surface area contributed by atoms with Gasteiger partial charge in [-0.25, -0.2) is 4.98 Å². The van der Waals surface area contributed by atoms with Crippen LogP contribution in [-0.2, 0) is 13.6 Å². The Kier molecular flexibility index (Phi) is 4.91. The van der Waals surface area contributed by atoms with Crippen molar-refractivity contribution in [1.29, 1.82) is 0 Å². The van der Waals surface area contributed by atoms with E-state index in [-0.39, 0.29) is 18.2 Å². The van der Waals surface area contributed by atoms with E-state index in [0.717, 1.165) is 29.6 Å². The zero-order valence-corrected chi connectivity index (χ0v) is 16.8. The first-order valence-electron chi connectivity index (χ1n) is 9.57. The van der Waals surface area contributed by atoms with E-state index < -0.39 is 6.36 Å². The SMILES string of the molecule is Cc1nn(C)c2nc(C3CC3)cc(C(=O)N(C)Cc3ccc(OC(F)(F)F)cc3)c12. The monoisotopic (exact) mass is 418 g/mol. The summed E-state index contributed by atoms with van der Waals surface area (Å²) >= 11 is 0. The zero-order chi connectivity index (χ0) is 21.6. The number of ether oxygens (including phenoxy) is 1. The van der Waals surface area contributed by atoms with Gasteiger partial charge >= 0.3 is 6.36 Å². The number of benzene rings is 1. The number of halogens is 3. The van der Waals surface area contributed by atoms with Crippen LogP contribution in [0.5, 0.6) is 5.75 Å². The number of pyridine rings is 1. The van der Waals surface area contributed by atoms with Crippen LogP contribution < -0.4 is 4.74 Å². The van der Waals surface area contributed by atoms with Crippen molar-refractivity contribution in [2.24, 2.45) is 7.05 Å². The number of hydrogen-bond acceptors (Lipinski definition) is 4. The van der Waals surface area contributed by atoms with Gasteiger partial charge in [-0.1, -0.05) is 12.1 Å². The van der Waals surface area contributed by atoms with Crippen molar-refractivity contribution in [3.63, 3.8) is 0 Å². The Balaban J connectivity index is 1.59. The minimum absolute atomic E-state index is 0.184. The van der Waals surface area contributed by atoms with Crippen molar-refractivity contribution in [1.82, 2.24) is 19.7 Å². The van der Waals surface area contributed by atoms with E-state index in [0.29, 0.717) is 22.7 Å². The van der Waals surface area contributed by atoms with E-state index in [9.17, 15) is 18.0 Å². The number of carbonyl (C=O) groups excluding carboxylic acids is 1. The van der Waals surface area contributed by atoms with Gasteiger partial charge in [0, 0.05) is 32.3 Å². The number of hydrogen-bond donors (Lipinski definition) is 0. The van der Waals surface area contributed by atoms with Gasteiger partial charge in [-0.3, -0.25) is 9.48 Å². The van der Waals surface area contributed by atoms with Gasteiger partial charge in [0.05, 0.1) is 16.6 Å². The standard InChI is InChI=1S/C21H21F3N4O2/c1-12-18-16(10-17(14-6-7-14)25-19(18)28(3)26-12)20(29)27(2)11-13-4-8-15(9-5-13)30-21(22,23)24/h4-5,8-10,14H,6-7,11H2,1-3H3. The molecule has 0 saturated heterocycles. The lowest BCUT2D eigenvalue weighted by Crippen LogP contribution is -2.26. The summed E-state index contributed by atoms with van der Waals surface area (Å²) in [5.41, 5.74) is 3.55. The molecule has 1 aliphatic carbocycles. The number of aryl methyl sites for hydroxylation is 2. The van der Waals surface area contributed by atoms with Crippen LogP contribution in [0.25, 0.3) is 11.0 Å². The van der Waals surface area contributed by atoms with Gasteiger partial charge < -0.3 is 9.64 Å². The average molecular weight is 418 g/mol. The lowest BCUT2D eigenvalue weighted by Gasteiger charge is -2.19. The zero-order valence-electron chi connectivity index (χ0n) is 16.8. The van der Waals surface area contributed by atoms with Crippen molar-refractivity contribution in [3.8, 4) is 5.75 Å². The molecule has 9 heteroatoms. The highest BCUT2D eigenvalue weighted by Gasteiger charge is 2.31. The van der Waals surface area contributed by atoms with E-state index in [2.05, 4.69) is 9.84 Å². The fourth-order valence-electron chi connectivity index (χ4n) is 3.57. The fourth-order valence-corrected chi connectivity index (χ4v) is 3.57. The molecule has 4 rings (SSSR count). The second-order valence-corrected chi connectivity index (χ2v) is 7.63. The van der Waals surface area contributed by atoms with Gasteiger partial charge in [-0.15, -0.1) is 13.2 Å². The van der Waals surface area contributed by atoms with Gasteiger partial charge in [0.25, 0.3) is 5.91 Å². The summed E-state index contributed by atoms with van der Waals surface area (Å²) in [6.45, 7) is 2.09. The van der Waals surface area contributed by atoms with E-state index in [4.69, 9.17) is 4.98 Å². The summed E-state index contributed by atoms with van der Waals surface area (Å²) in [5, 5.41) is 5.14. The highest BCUT2D eigenvalue weighted by Crippen LogP contribution is 2.40. The Bertz CT molecular complexity index is 1100. The van der Waals surface area contributed by atoms with Crippen LogP contribution in [0.4, 0.5) is 13.2 Å². The van der Waals surface area contributed by atoms with E-state index in [1.54, 1.807) is 11.7 Å². The summed E-state index contributed by atoms with van der Waals surface area (Å²) in [7, 11) is 3.47. The molecule has 0 atom stereocenters. The summed E-state index contributed by atoms with van der Waals surface area (Å²) in [6.07, 6.45) is -2.61. The first kappa shape index (κ1) is 20.2. The summed E-state index contributed by atoms with van der Waals surface area (Å²) in [5.74, 6) is -0.102. The molecule has 1 aromatic carbocycles. The smallest absolute Gasteiger partial charge is 0.406 e. The number of rotatable bonds is 5. The van der Waals surface area contributed by atoms with E-state index in [1.165, 1.54) is 29.2 Å². The van der Waals surface area contributed by atoms with Crippen LogP contribution in [0, 0.1) is 6.92 Å². The summed E-state index contributed by atoms with van der Waals surface area (Å²) in [4.78, 5) is 19.5. The maximum atomic E-state index is 13.3. The third-order valence-corrected chi connectivity index (χ3v) is 5.14. The molecule has 0 unspecified atom stereocenters. The normalized spacial score (nSPS) is 14.2. The maximum absolute atomic E-state index is 13.3. The number of aromatic nitrogens is 3. The fraction of sp³-hybridized carbons (Fsp3) is 0.381. The quantitative estimate of drug-likeness (QED) is 0.619. The Morgan fingerprint density at radius 1 is 1.27 bits per heavy atom. The topological polar surface area (TPSA) is 60.2 Å². The van der Waals surface area contributed by atoms with Crippen molar-refractivity contribution in [2.75, 3.05) is 7.05 Å². The highest BCUT2D eigenvalue weighted by atomic mass is 19.4. The predicted molar refractivity (Wildman–Crippen MR) is 104 cm³/mol. The molecule has 2 heterocycles. The lowest BCUT2D eigenvalue weighted by molar-refractivity contribution is -0.274. The maximum Gasteiger partial charge on any atom is 0.573 e. The third-order valence-electron chi connectivity index (χ3n) is 5.14. The van der Waals surface area contributed by atoms with E-state index >= 15 is 0 Å². The predicted octanol–water partition coefficient (Wildman–Crippen LogP) is 4.32. The molecule has 1 fully saturated rings. The molecule has 1 aliphatic rings. The molecule has 158 valence electrons. The van der Waals surface area contributed by atoms with Crippen LogP contribution in [0.3, 0.4) is 0 Å². The van der Waals surface area contributed by atoms with Crippen LogP contribution in [0.1, 0.15) is 46.1 Å². The molecule has 0 bridgehead atoms. The van der Waals surface area contributed by atoms with Crippen LogP contribution >= 0.6 is 0 Å². The molecule has 0 aliphatic heterocycles. The Hall–Kier alpha value is -3.10. The number of carbonyl (C=O) groups is 1. The second-order valence-electron chi connectivity index (χ2n) is 7.63. The molecule has 0 N–H and O–H groups in total. The summed E-state index contributed by atoms with van der Waals surface area (Å²) < 4.78 is 42.5. The minimum Gasteiger partial charge on any atom is -0.406 e. The van der Waals surface area contributed by atoms with Crippen molar-refractivity contribution >= 4 is 16.9 Å². The molecule has 3 aromatic rings. The molecule has 2 aromatic heterocycles. The molecule has 1 saturated carbocycles. The number of alkyl halides is 3. The van der Waals surface area contributed by atoms with Crippen LogP contribution in [-0.4, -0.2) is 39.0 Å². The van der Waals surface area contributed by atoms with Gasteiger partial charge in [0.15, 0.2) is 5.65 Å². The number of fused-ring (bicyclic) bond motifs is 1. The molecule has 6 nitrogen and oxygen atoms in total. The Morgan fingerprint density at radius 3 is 2.53 bits per heavy atom. The second kappa shape index (κ2) is 7.30. The molecular weight excluding hydrogens is 397 g/mol. The van der Waals surface area contributed by atoms with Gasteiger partial charge in [-0.2, -0.15) is 5.10 Å². The molecular formula is C21H21F3N4O2. The summed E-state index contributed by atoms with van der Waals surface area (Å²) in [6, 6.07) is 7.36. The van der Waals surface area contributed by atoms with E-state index in [1.807, 2.05) is 20.0 Å². The first-order chi connectivity index (χ1) is 14.1. The Morgan fingerprint density at radius 2 is 1.93 bits per heavy atom. The largest absolute Gasteiger partial charge is 0.573 e. The highest BCUT2D eigenvalue weighted by molar-refractivity contribution is 6.06. The number of amides is 1. The van der Waals surface area contributed by atoms with Crippen LogP contribution in [0.2, 0.25) is 0 Å². The Labute approximate surface area is 171 Å². The van der Waals surface area contributed by atoms with Gasteiger partial charge in [-0.05, 0) is 43.5 Å². The van der Waals surface area contributed by atoms with Crippen LogP contribution in [0.15, 0.2) is 30.3 Å². The lowest BCUT2D eigenvalue weighted by atomic mass is 10.1. The van der Waals surface area contributed by atoms with Gasteiger partial charge in [0.1, 0.15) is 5.75 Å². The average Bonchev–Trinajstić information content (AvgIpc) is 3.47. The van der Waals surface area contributed by atoms with Gasteiger partial charge in [0.2, 0.25) is 0 Å². The molecule has 30 heavy (non-hydrogen) atoms.